The van der Waals surface area contributed by atoms with Gasteiger partial charge in [0.25, 0.3) is 0 Å². The number of hydrogen-bond donors (Lipinski definition) is 3. The molecule has 0 fully saturated rings. The number of benzene rings is 1. The van der Waals surface area contributed by atoms with Gasteiger partial charge in [-0.2, -0.15) is 8.78 Å². The highest BCUT2D eigenvalue weighted by Crippen LogP contribution is 2.26. The van der Waals surface area contributed by atoms with Gasteiger partial charge in [0.15, 0.2) is 6.61 Å². The van der Waals surface area contributed by atoms with Gasteiger partial charge in [0, 0.05) is 0 Å². The van der Waals surface area contributed by atoms with Gasteiger partial charge in [-0.1, -0.05) is 12.1 Å². The standard InChI is InChI=1S/C12H14F4N2O3/c13-11(14)12(15,16)6-21-8-3-1-2-7(4-8)9(19)5-10(20)18-17/h1-4,9,11,19H,5-6,17H2,(H,18,20). The molecule has 0 saturated carbocycles. The molecule has 1 amide bonds. The van der Waals surface area contributed by atoms with Crippen LogP contribution in [0.2, 0.25) is 0 Å². The molecule has 4 N–H and O–H groups in total. The number of amides is 1. The molecule has 0 radical (unpaired) electrons. The molecule has 0 heterocycles. The maximum atomic E-state index is 12.7. The van der Waals surface area contributed by atoms with Crippen LogP contribution < -0.4 is 16.0 Å². The average molecular weight is 310 g/mol. The lowest BCUT2D eigenvalue weighted by molar-refractivity contribution is -0.148. The number of hydrogen-bond acceptors (Lipinski definition) is 4. The molecule has 1 unspecified atom stereocenters. The van der Waals surface area contributed by atoms with E-state index in [0.29, 0.717) is 0 Å². The monoisotopic (exact) mass is 310 g/mol. The number of halogens is 4. The van der Waals surface area contributed by atoms with Gasteiger partial charge in [0.2, 0.25) is 5.91 Å². The Kier molecular flexibility index (Phi) is 5.91. The first-order chi connectivity index (χ1) is 9.76. The van der Waals surface area contributed by atoms with Gasteiger partial charge in [-0.25, -0.2) is 14.6 Å². The molecule has 0 spiro atoms. The Morgan fingerprint density at radius 3 is 2.67 bits per heavy atom. The number of aliphatic hydroxyl groups excluding tert-OH is 1. The first kappa shape index (κ1) is 17.2. The molecule has 1 aromatic rings. The van der Waals surface area contributed by atoms with Crippen LogP contribution in [0.3, 0.4) is 0 Å². The van der Waals surface area contributed by atoms with Gasteiger partial charge in [0.1, 0.15) is 5.75 Å². The Bertz CT molecular complexity index is 485. The predicted molar refractivity (Wildman–Crippen MR) is 64.8 cm³/mol. The summed E-state index contributed by atoms with van der Waals surface area (Å²) in [5.41, 5.74) is 2.03. The van der Waals surface area contributed by atoms with Crippen molar-refractivity contribution in [2.45, 2.75) is 24.9 Å². The lowest BCUT2D eigenvalue weighted by Crippen LogP contribution is -2.33. The maximum Gasteiger partial charge on any atom is 0.340 e. The third kappa shape index (κ3) is 5.20. The van der Waals surface area contributed by atoms with Crippen LogP contribution >= 0.6 is 0 Å². The zero-order valence-electron chi connectivity index (χ0n) is 10.7. The van der Waals surface area contributed by atoms with Crippen molar-refractivity contribution < 1.29 is 32.2 Å². The summed E-state index contributed by atoms with van der Waals surface area (Å²) in [5, 5.41) is 9.72. The number of carbonyl (C=O) groups excluding carboxylic acids is 1. The minimum absolute atomic E-state index is 0.125. The molecule has 1 aromatic carbocycles. The molecule has 0 saturated heterocycles. The van der Waals surface area contributed by atoms with E-state index in [2.05, 4.69) is 4.74 Å². The van der Waals surface area contributed by atoms with Crippen LogP contribution in [0.5, 0.6) is 5.75 Å². The van der Waals surface area contributed by atoms with Gasteiger partial charge in [-0.15, -0.1) is 0 Å². The van der Waals surface area contributed by atoms with Gasteiger partial charge < -0.3 is 9.84 Å². The minimum Gasteiger partial charge on any atom is -0.487 e. The number of ether oxygens (including phenoxy) is 1. The SMILES string of the molecule is NNC(=O)CC(O)c1cccc(OCC(F)(F)C(F)F)c1. The topological polar surface area (TPSA) is 84.6 Å². The highest BCUT2D eigenvalue weighted by molar-refractivity contribution is 5.75. The maximum absolute atomic E-state index is 12.7. The number of nitrogens with one attached hydrogen (secondary N) is 1. The summed E-state index contributed by atoms with van der Waals surface area (Å²) in [6.45, 7) is -1.49. The van der Waals surface area contributed by atoms with Crippen LogP contribution in [-0.2, 0) is 4.79 Å². The second-order valence-corrected chi connectivity index (χ2v) is 4.21. The molecule has 21 heavy (non-hydrogen) atoms. The summed E-state index contributed by atoms with van der Waals surface area (Å²) in [6, 6.07) is 5.23. The number of hydrazine groups is 1. The number of carbonyl (C=O) groups is 1. The Balaban J connectivity index is 2.70. The molecule has 0 bridgehead atoms. The van der Waals surface area contributed by atoms with Crippen LogP contribution in [-0.4, -0.2) is 30.0 Å². The molecule has 9 heteroatoms. The number of rotatable bonds is 7. The van der Waals surface area contributed by atoms with E-state index in [1.54, 1.807) is 0 Å². The molecular weight excluding hydrogens is 296 g/mol. The summed E-state index contributed by atoms with van der Waals surface area (Å²) in [4.78, 5) is 11.0. The van der Waals surface area contributed by atoms with E-state index in [4.69, 9.17) is 5.84 Å². The van der Waals surface area contributed by atoms with Gasteiger partial charge >= 0.3 is 12.3 Å². The first-order valence-electron chi connectivity index (χ1n) is 5.82. The van der Waals surface area contributed by atoms with Crippen LogP contribution in [0.1, 0.15) is 18.1 Å². The van der Waals surface area contributed by atoms with Crippen LogP contribution in [0.25, 0.3) is 0 Å². The van der Waals surface area contributed by atoms with E-state index >= 15 is 0 Å². The molecule has 1 atom stereocenters. The van der Waals surface area contributed by atoms with Crippen LogP contribution in [0, 0.1) is 0 Å². The fourth-order valence-corrected chi connectivity index (χ4v) is 1.41. The molecule has 0 aliphatic heterocycles. The Hall–Kier alpha value is -1.87. The van der Waals surface area contributed by atoms with Crippen molar-refractivity contribution >= 4 is 5.91 Å². The molecule has 5 nitrogen and oxygen atoms in total. The van der Waals surface area contributed by atoms with Crippen molar-refractivity contribution in [3.63, 3.8) is 0 Å². The average Bonchev–Trinajstić information content (AvgIpc) is 2.45. The quantitative estimate of drug-likeness (QED) is 0.307. The molecule has 118 valence electrons. The lowest BCUT2D eigenvalue weighted by Gasteiger charge is -2.17. The van der Waals surface area contributed by atoms with E-state index in [9.17, 15) is 27.5 Å². The number of aliphatic hydroxyl groups is 1. The first-order valence-corrected chi connectivity index (χ1v) is 5.82. The third-order valence-corrected chi connectivity index (χ3v) is 2.53. The second-order valence-electron chi connectivity index (χ2n) is 4.21. The van der Waals surface area contributed by atoms with Crippen molar-refractivity contribution in [2.75, 3.05) is 6.61 Å². The Labute approximate surface area is 117 Å². The summed E-state index contributed by atoms with van der Waals surface area (Å²) in [5.74, 6) is -0.159. The van der Waals surface area contributed by atoms with Gasteiger partial charge in [-0.05, 0) is 17.7 Å². The highest BCUT2D eigenvalue weighted by Gasteiger charge is 2.41. The normalized spacial score (nSPS) is 13.1. The molecule has 0 aliphatic carbocycles. The number of alkyl halides is 4. The molecular formula is C12H14F4N2O3. The van der Waals surface area contributed by atoms with Crippen LogP contribution in [0.4, 0.5) is 17.6 Å². The van der Waals surface area contributed by atoms with E-state index < -0.39 is 31.0 Å². The predicted octanol–water partition coefficient (Wildman–Crippen LogP) is 1.38. The van der Waals surface area contributed by atoms with E-state index in [1.807, 2.05) is 5.43 Å². The van der Waals surface area contributed by atoms with Crippen molar-refractivity contribution in [3.8, 4) is 5.75 Å². The van der Waals surface area contributed by atoms with Crippen molar-refractivity contribution in [2.24, 2.45) is 5.84 Å². The molecule has 0 aliphatic rings. The number of nitrogens with two attached hydrogens (primary N) is 1. The van der Waals surface area contributed by atoms with E-state index in [-0.39, 0.29) is 17.7 Å². The zero-order valence-corrected chi connectivity index (χ0v) is 10.7. The molecule has 1 rings (SSSR count). The lowest BCUT2D eigenvalue weighted by atomic mass is 10.1. The fourth-order valence-electron chi connectivity index (χ4n) is 1.41. The largest absolute Gasteiger partial charge is 0.487 e. The van der Waals surface area contributed by atoms with Crippen molar-refractivity contribution in [1.82, 2.24) is 5.43 Å². The second kappa shape index (κ2) is 7.23. The molecule has 0 aromatic heterocycles. The summed E-state index contributed by atoms with van der Waals surface area (Å²) < 4.78 is 54.0. The van der Waals surface area contributed by atoms with E-state index in [1.165, 1.54) is 24.3 Å². The Morgan fingerprint density at radius 2 is 2.10 bits per heavy atom. The third-order valence-electron chi connectivity index (χ3n) is 2.53. The zero-order chi connectivity index (χ0) is 16.0. The smallest absolute Gasteiger partial charge is 0.340 e. The highest BCUT2D eigenvalue weighted by atomic mass is 19.3. The summed E-state index contributed by atoms with van der Waals surface area (Å²) in [6.07, 6.45) is -5.40. The van der Waals surface area contributed by atoms with Crippen LogP contribution in [0.15, 0.2) is 24.3 Å². The summed E-state index contributed by atoms with van der Waals surface area (Å²) in [7, 11) is 0. The fraction of sp³-hybridized carbons (Fsp3) is 0.417. The van der Waals surface area contributed by atoms with Gasteiger partial charge in [-0.3, -0.25) is 10.2 Å². The summed E-state index contributed by atoms with van der Waals surface area (Å²) >= 11 is 0. The minimum atomic E-state index is -4.27. The van der Waals surface area contributed by atoms with Crippen molar-refractivity contribution in [1.29, 1.82) is 0 Å². The van der Waals surface area contributed by atoms with Crippen molar-refractivity contribution in [3.05, 3.63) is 29.8 Å². The van der Waals surface area contributed by atoms with E-state index in [0.717, 1.165) is 0 Å². The Morgan fingerprint density at radius 1 is 1.43 bits per heavy atom. The van der Waals surface area contributed by atoms with Gasteiger partial charge in [0.05, 0.1) is 12.5 Å².